The van der Waals surface area contributed by atoms with Gasteiger partial charge in [-0.05, 0) is 55.5 Å². The number of halogens is 3. The van der Waals surface area contributed by atoms with Gasteiger partial charge in [-0.2, -0.15) is 0 Å². The molecule has 0 bridgehead atoms. The van der Waals surface area contributed by atoms with E-state index in [0.717, 1.165) is 0 Å². The fourth-order valence-electron chi connectivity index (χ4n) is 4.23. The van der Waals surface area contributed by atoms with Crippen LogP contribution in [0.4, 0.5) is 4.39 Å². The van der Waals surface area contributed by atoms with Crippen LogP contribution in [0, 0.1) is 5.82 Å². The Morgan fingerprint density at radius 2 is 1.03 bits per heavy atom. The molecular weight excluding hydrogens is 433 g/mol. The molecule has 0 aliphatic rings. The van der Waals surface area contributed by atoms with E-state index in [1.807, 2.05) is 18.2 Å². The van der Waals surface area contributed by atoms with Crippen molar-refractivity contribution in [3.05, 3.63) is 125 Å². The minimum absolute atomic E-state index is 0.0992. The zero-order valence-corrected chi connectivity index (χ0v) is 18.9. The van der Waals surface area contributed by atoms with Gasteiger partial charge in [0.15, 0.2) is 0 Å². The Balaban J connectivity index is 2.12. The van der Waals surface area contributed by atoms with Crippen LogP contribution in [-0.4, -0.2) is 0 Å². The molecule has 0 aliphatic carbocycles. The normalized spacial score (nSPS) is 12.5. The van der Waals surface area contributed by atoms with Crippen LogP contribution in [0.15, 0.2) is 103 Å². The van der Waals surface area contributed by atoms with Crippen molar-refractivity contribution in [2.24, 2.45) is 0 Å². The first-order valence-corrected chi connectivity index (χ1v) is 12.4. The highest BCUT2D eigenvalue weighted by molar-refractivity contribution is 7.96. The Morgan fingerprint density at radius 3 is 1.43 bits per heavy atom. The Hall–Kier alpha value is -2.18. The molecule has 4 heteroatoms. The topological polar surface area (TPSA) is 0 Å². The van der Waals surface area contributed by atoms with Gasteiger partial charge in [0.25, 0.3) is 0 Å². The van der Waals surface area contributed by atoms with Gasteiger partial charge in [0, 0.05) is 10.6 Å². The molecule has 4 aromatic rings. The molecule has 0 spiro atoms. The average molecular weight is 454 g/mol. The van der Waals surface area contributed by atoms with E-state index in [0.29, 0.717) is 10.6 Å². The van der Waals surface area contributed by atoms with Crippen LogP contribution in [0.25, 0.3) is 0 Å². The summed E-state index contributed by atoms with van der Waals surface area (Å²) in [4.78, 5) is 0. The third-order valence-corrected chi connectivity index (χ3v) is 11.0. The number of hydrogen-bond acceptors (Lipinski definition) is 0. The first kappa shape index (κ1) is 21.1. The molecule has 0 heterocycles. The highest BCUT2D eigenvalue weighted by Gasteiger charge is 2.52. The van der Waals surface area contributed by atoms with Crippen LogP contribution in [0.3, 0.4) is 0 Å². The summed E-state index contributed by atoms with van der Waals surface area (Å²) < 4.78 is 14.5. The van der Waals surface area contributed by atoms with Crippen molar-refractivity contribution in [1.82, 2.24) is 0 Å². The molecule has 0 amide bonds. The number of benzene rings is 4. The molecule has 0 aromatic heterocycles. The quantitative estimate of drug-likeness (QED) is 0.221. The van der Waals surface area contributed by atoms with Crippen LogP contribution < -0.4 is 15.9 Å². The molecule has 0 saturated heterocycles. The summed E-state index contributed by atoms with van der Waals surface area (Å²) >= 11 is 13.2. The van der Waals surface area contributed by atoms with Crippen molar-refractivity contribution in [1.29, 1.82) is 0 Å². The molecule has 0 saturated carbocycles. The summed E-state index contributed by atoms with van der Waals surface area (Å²) in [6.07, 6.45) is 0. The van der Waals surface area contributed by atoms with Crippen molar-refractivity contribution >= 4 is 46.4 Å². The Bertz CT molecular complexity index is 1040. The van der Waals surface area contributed by atoms with Crippen LogP contribution in [-0.2, 0) is 0 Å². The van der Waals surface area contributed by atoms with Gasteiger partial charge in [0.05, 0.1) is 5.02 Å². The average Bonchev–Trinajstić information content (AvgIpc) is 2.79. The second-order valence-electron chi connectivity index (χ2n) is 7.16. The van der Waals surface area contributed by atoms with Gasteiger partial charge >= 0.3 is 0 Å². The number of rotatable bonds is 5. The minimum Gasteiger partial charge on any atom is -0.205 e. The molecule has 0 radical (unpaired) electrons. The maximum absolute atomic E-state index is 14.5. The van der Waals surface area contributed by atoms with Crippen molar-refractivity contribution in [3.8, 4) is 0 Å². The smallest absolute Gasteiger partial charge is 0.142 e. The highest BCUT2D eigenvalue weighted by Crippen LogP contribution is 2.67. The summed E-state index contributed by atoms with van der Waals surface area (Å²) in [5.41, 5.74) is 0.517. The second-order valence-corrected chi connectivity index (χ2v) is 11.7. The van der Waals surface area contributed by atoms with Crippen LogP contribution >= 0.6 is 30.5 Å². The third-order valence-electron chi connectivity index (χ3n) is 5.57. The molecule has 0 N–H and O–H groups in total. The summed E-state index contributed by atoms with van der Waals surface area (Å²) in [7, 11) is -2.28. The summed E-state index contributed by atoms with van der Waals surface area (Å²) in [5.74, 6) is -0.449. The lowest BCUT2D eigenvalue weighted by Gasteiger charge is -2.34. The fraction of sp³-hybridized carbons (Fsp3) is 0.0769. The molecule has 4 rings (SSSR count). The van der Waals surface area contributed by atoms with Crippen molar-refractivity contribution in [2.45, 2.75) is 12.6 Å². The molecular formula is C26H21Cl2FP+. The van der Waals surface area contributed by atoms with Gasteiger partial charge in [0.1, 0.15) is 34.7 Å². The Labute approximate surface area is 187 Å². The zero-order valence-electron chi connectivity index (χ0n) is 16.5. The summed E-state index contributed by atoms with van der Waals surface area (Å²) in [6.45, 7) is 2.12. The lowest BCUT2D eigenvalue weighted by Crippen LogP contribution is -2.34. The van der Waals surface area contributed by atoms with Gasteiger partial charge < -0.3 is 0 Å². The van der Waals surface area contributed by atoms with E-state index in [1.54, 1.807) is 6.07 Å². The van der Waals surface area contributed by atoms with Gasteiger partial charge in [-0.3, -0.25) is 0 Å². The lowest BCUT2D eigenvalue weighted by atomic mass is 10.1. The van der Waals surface area contributed by atoms with Crippen molar-refractivity contribution in [2.75, 3.05) is 0 Å². The molecule has 1 atom stereocenters. The summed E-state index contributed by atoms with van der Waals surface area (Å²) in [6, 6.07) is 34.2. The van der Waals surface area contributed by atoms with Gasteiger partial charge in [-0.15, -0.1) is 0 Å². The molecule has 0 nitrogen and oxygen atoms in total. The Kier molecular flexibility index (Phi) is 6.25. The second kappa shape index (κ2) is 8.90. The van der Waals surface area contributed by atoms with E-state index < -0.39 is 13.1 Å². The van der Waals surface area contributed by atoms with E-state index in [2.05, 4.69) is 79.7 Å². The van der Waals surface area contributed by atoms with E-state index in [4.69, 9.17) is 23.2 Å². The lowest BCUT2D eigenvalue weighted by molar-refractivity contribution is 0.626. The predicted octanol–water partition coefficient (Wildman–Crippen LogP) is 7.19. The fourth-order valence-corrected chi connectivity index (χ4v) is 9.90. The maximum atomic E-state index is 14.5. The molecule has 0 aliphatic heterocycles. The first-order valence-electron chi connectivity index (χ1n) is 9.75. The monoisotopic (exact) mass is 453 g/mol. The molecule has 0 fully saturated rings. The minimum atomic E-state index is -2.28. The SMILES string of the molecule is CC(c1c(Cl)ccc(F)c1Cl)[P+](c1ccccc1)(c1ccccc1)c1ccccc1. The maximum Gasteiger partial charge on any atom is 0.142 e. The van der Waals surface area contributed by atoms with E-state index in [-0.39, 0.29) is 10.7 Å². The summed E-state index contributed by atoms with van der Waals surface area (Å²) in [5, 5.41) is 4.19. The van der Waals surface area contributed by atoms with Crippen LogP contribution in [0.5, 0.6) is 0 Å². The molecule has 1 unspecified atom stereocenters. The Morgan fingerprint density at radius 1 is 0.633 bits per heavy atom. The van der Waals surface area contributed by atoms with E-state index in [9.17, 15) is 4.39 Å². The zero-order chi connectivity index (χ0) is 21.1. The van der Waals surface area contributed by atoms with Crippen molar-refractivity contribution in [3.63, 3.8) is 0 Å². The van der Waals surface area contributed by atoms with E-state index in [1.165, 1.54) is 22.0 Å². The number of hydrogen-bond donors (Lipinski definition) is 0. The standard InChI is InChI=1S/C26H21Cl2FP/c1-19(25-23(27)17-18-24(29)26(25)28)30(20-11-5-2-6-12-20,21-13-7-3-8-14-21)22-15-9-4-10-16-22/h2-19H,1H3/q+1. The molecule has 4 aromatic carbocycles. The highest BCUT2D eigenvalue weighted by atomic mass is 35.5. The van der Waals surface area contributed by atoms with Crippen molar-refractivity contribution < 1.29 is 4.39 Å². The van der Waals surface area contributed by atoms with E-state index >= 15 is 0 Å². The third kappa shape index (κ3) is 3.56. The molecule has 150 valence electrons. The van der Waals surface area contributed by atoms with Gasteiger partial charge in [-0.1, -0.05) is 77.8 Å². The largest absolute Gasteiger partial charge is 0.205 e. The van der Waals surface area contributed by atoms with Crippen LogP contribution in [0.2, 0.25) is 10.0 Å². The first-order chi connectivity index (χ1) is 14.6. The predicted molar refractivity (Wildman–Crippen MR) is 130 cm³/mol. The van der Waals surface area contributed by atoms with Gasteiger partial charge in [-0.25, -0.2) is 4.39 Å². The van der Waals surface area contributed by atoms with Gasteiger partial charge in [0.2, 0.25) is 0 Å². The van der Waals surface area contributed by atoms with Crippen LogP contribution in [0.1, 0.15) is 18.1 Å². The molecule has 30 heavy (non-hydrogen) atoms.